The number of likely N-dealkylation sites (N-methyl/N-ethyl adjacent to an activating group) is 1. The van der Waals surface area contributed by atoms with Crippen LogP contribution in [0.4, 0.5) is 0 Å². The number of nitrogens with zero attached hydrogens (tertiary/aromatic N) is 1. The highest BCUT2D eigenvalue weighted by Crippen LogP contribution is 2.31. The molecular formula is C12H23NO2. The van der Waals surface area contributed by atoms with Crippen molar-refractivity contribution in [1.82, 2.24) is 4.90 Å². The number of hydrogen-bond donors (Lipinski definition) is 1. The summed E-state index contributed by atoms with van der Waals surface area (Å²) in [6, 6.07) is 0.474. The Kier molecular flexibility index (Phi) is 4.58. The van der Waals surface area contributed by atoms with E-state index >= 15 is 0 Å². The third-order valence-electron chi connectivity index (χ3n) is 3.64. The molecule has 1 saturated carbocycles. The summed E-state index contributed by atoms with van der Waals surface area (Å²) in [5, 5.41) is 8.75. The van der Waals surface area contributed by atoms with E-state index in [1.54, 1.807) is 0 Å². The van der Waals surface area contributed by atoms with Crippen LogP contribution in [0.1, 0.15) is 39.5 Å². The SMILES string of the molecule is CC(C)C1CCCC(N(C)CC(=O)O)C1. The van der Waals surface area contributed by atoms with Gasteiger partial charge in [0, 0.05) is 6.04 Å². The van der Waals surface area contributed by atoms with E-state index in [2.05, 4.69) is 13.8 Å². The Labute approximate surface area is 92.5 Å². The zero-order valence-electron chi connectivity index (χ0n) is 10.1. The van der Waals surface area contributed by atoms with Crippen molar-refractivity contribution in [2.24, 2.45) is 11.8 Å². The first-order valence-electron chi connectivity index (χ1n) is 5.92. The smallest absolute Gasteiger partial charge is 0.317 e. The minimum atomic E-state index is -0.718. The third kappa shape index (κ3) is 3.82. The van der Waals surface area contributed by atoms with Gasteiger partial charge in [0.25, 0.3) is 0 Å². The molecule has 1 aliphatic carbocycles. The molecule has 1 rings (SSSR count). The van der Waals surface area contributed by atoms with Crippen molar-refractivity contribution in [3.8, 4) is 0 Å². The molecule has 1 N–H and O–H groups in total. The lowest BCUT2D eigenvalue weighted by Gasteiger charge is -2.36. The number of rotatable bonds is 4. The first-order valence-corrected chi connectivity index (χ1v) is 5.92. The maximum absolute atomic E-state index is 10.6. The second kappa shape index (κ2) is 5.50. The Bertz CT molecular complexity index is 216. The van der Waals surface area contributed by atoms with Crippen molar-refractivity contribution in [3.63, 3.8) is 0 Å². The van der Waals surface area contributed by atoms with Crippen molar-refractivity contribution in [1.29, 1.82) is 0 Å². The second-order valence-corrected chi connectivity index (χ2v) is 5.13. The summed E-state index contributed by atoms with van der Waals surface area (Å²) in [7, 11) is 1.93. The molecule has 0 amide bonds. The van der Waals surface area contributed by atoms with Crippen molar-refractivity contribution in [3.05, 3.63) is 0 Å². The van der Waals surface area contributed by atoms with E-state index in [0.717, 1.165) is 18.3 Å². The number of carbonyl (C=O) groups is 1. The molecule has 0 radical (unpaired) electrons. The molecule has 0 spiro atoms. The van der Waals surface area contributed by atoms with Crippen LogP contribution in [0.2, 0.25) is 0 Å². The molecule has 15 heavy (non-hydrogen) atoms. The van der Waals surface area contributed by atoms with Gasteiger partial charge in [0.1, 0.15) is 0 Å². The van der Waals surface area contributed by atoms with Gasteiger partial charge in [0.2, 0.25) is 0 Å². The Morgan fingerprint density at radius 3 is 2.67 bits per heavy atom. The lowest BCUT2D eigenvalue weighted by atomic mass is 9.79. The summed E-state index contributed by atoms with van der Waals surface area (Å²) in [6.45, 7) is 4.71. The highest BCUT2D eigenvalue weighted by atomic mass is 16.4. The molecule has 0 bridgehead atoms. The van der Waals surface area contributed by atoms with Crippen LogP contribution in [0.25, 0.3) is 0 Å². The van der Waals surface area contributed by atoms with E-state index in [-0.39, 0.29) is 6.54 Å². The van der Waals surface area contributed by atoms with Gasteiger partial charge in [-0.2, -0.15) is 0 Å². The summed E-state index contributed by atoms with van der Waals surface area (Å²) in [4.78, 5) is 12.6. The monoisotopic (exact) mass is 213 g/mol. The van der Waals surface area contributed by atoms with Crippen LogP contribution in [-0.2, 0) is 4.79 Å². The molecule has 88 valence electrons. The van der Waals surface area contributed by atoms with E-state index in [1.807, 2.05) is 11.9 Å². The second-order valence-electron chi connectivity index (χ2n) is 5.13. The number of aliphatic carboxylic acids is 1. The zero-order chi connectivity index (χ0) is 11.4. The molecule has 0 aromatic heterocycles. The lowest BCUT2D eigenvalue weighted by molar-refractivity contribution is -0.138. The molecule has 3 heteroatoms. The lowest BCUT2D eigenvalue weighted by Crippen LogP contribution is -2.39. The third-order valence-corrected chi connectivity index (χ3v) is 3.64. The Morgan fingerprint density at radius 2 is 2.13 bits per heavy atom. The van der Waals surface area contributed by atoms with Crippen LogP contribution in [0.5, 0.6) is 0 Å². The number of carboxylic acids is 1. The molecule has 3 nitrogen and oxygen atoms in total. The average Bonchev–Trinajstić information content (AvgIpc) is 2.17. The molecule has 2 unspecified atom stereocenters. The maximum Gasteiger partial charge on any atom is 0.317 e. The van der Waals surface area contributed by atoms with Gasteiger partial charge >= 0.3 is 5.97 Å². The average molecular weight is 213 g/mol. The van der Waals surface area contributed by atoms with Crippen LogP contribution in [0.15, 0.2) is 0 Å². The normalized spacial score (nSPS) is 27.3. The first-order chi connectivity index (χ1) is 7.00. The minimum absolute atomic E-state index is 0.176. The molecule has 0 aromatic carbocycles. The minimum Gasteiger partial charge on any atom is -0.480 e. The van der Waals surface area contributed by atoms with Gasteiger partial charge in [-0.3, -0.25) is 9.69 Å². The van der Waals surface area contributed by atoms with Crippen molar-refractivity contribution < 1.29 is 9.90 Å². The maximum atomic E-state index is 10.6. The Morgan fingerprint density at radius 1 is 1.47 bits per heavy atom. The van der Waals surface area contributed by atoms with Crippen LogP contribution in [0.3, 0.4) is 0 Å². The Balaban J connectivity index is 2.44. The van der Waals surface area contributed by atoms with Gasteiger partial charge in [-0.05, 0) is 31.7 Å². The molecule has 1 fully saturated rings. The standard InChI is InChI=1S/C12H23NO2/c1-9(2)10-5-4-6-11(7-10)13(3)8-12(14)15/h9-11H,4-8H2,1-3H3,(H,14,15). The fourth-order valence-electron chi connectivity index (χ4n) is 2.55. The van der Waals surface area contributed by atoms with Gasteiger partial charge in [-0.15, -0.1) is 0 Å². The zero-order valence-corrected chi connectivity index (χ0v) is 10.1. The first kappa shape index (κ1) is 12.5. The Hall–Kier alpha value is -0.570. The van der Waals surface area contributed by atoms with E-state index in [1.165, 1.54) is 19.3 Å². The summed E-state index contributed by atoms with van der Waals surface area (Å²) in [5.74, 6) is 0.787. The fourth-order valence-corrected chi connectivity index (χ4v) is 2.55. The summed E-state index contributed by atoms with van der Waals surface area (Å²) < 4.78 is 0. The van der Waals surface area contributed by atoms with Crippen molar-refractivity contribution in [2.75, 3.05) is 13.6 Å². The molecule has 0 aromatic rings. The van der Waals surface area contributed by atoms with Crippen LogP contribution in [-0.4, -0.2) is 35.6 Å². The quantitative estimate of drug-likeness (QED) is 0.778. The summed E-state index contributed by atoms with van der Waals surface area (Å²) in [6.07, 6.45) is 4.89. The van der Waals surface area contributed by atoms with Crippen molar-refractivity contribution >= 4 is 5.97 Å². The summed E-state index contributed by atoms with van der Waals surface area (Å²) >= 11 is 0. The molecule has 1 aliphatic rings. The number of carboxylic acid groups (broad SMARTS) is 1. The molecule has 0 heterocycles. The van der Waals surface area contributed by atoms with Gasteiger partial charge in [0.05, 0.1) is 6.54 Å². The number of hydrogen-bond acceptors (Lipinski definition) is 2. The van der Waals surface area contributed by atoms with Crippen LogP contribution < -0.4 is 0 Å². The van der Waals surface area contributed by atoms with Crippen LogP contribution in [0, 0.1) is 11.8 Å². The fraction of sp³-hybridized carbons (Fsp3) is 0.917. The van der Waals surface area contributed by atoms with Gasteiger partial charge in [-0.25, -0.2) is 0 Å². The van der Waals surface area contributed by atoms with Gasteiger partial charge in [0.15, 0.2) is 0 Å². The molecular weight excluding hydrogens is 190 g/mol. The van der Waals surface area contributed by atoms with Crippen molar-refractivity contribution in [2.45, 2.75) is 45.6 Å². The van der Waals surface area contributed by atoms with Crippen LogP contribution >= 0.6 is 0 Å². The molecule has 0 saturated heterocycles. The van der Waals surface area contributed by atoms with E-state index < -0.39 is 5.97 Å². The highest BCUT2D eigenvalue weighted by molar-refractivity contribution is 5.69. The van der Waals surface area contributed by atoms with E-state index in [4.69, 9.17) is 5.11 Å². The molecule has 0 aliphatic heterocycles. The van der Waals surface area contributed by atoms with Gasteiger partial charge in [-0.1, -0.05) is 26.7 Å². The topological polar surface area (TPSA) is 40.5 Å². The highest BCUT2D eigenvalue weighted by Gasteiger charge is 2.27. The molecule has 2 atom stereocenters. The predicted octanol–water partition coefficient (Wildman–Crippen LogP) is 2.22. The van der Waals surface area contributed by atoms with E-state index in [9.17, 15) is 4.79 Å². The summed E-state index contributed by atoms with van der Waals surface area (Å²) in [5.41, 5.74) is 0. The largest absolute Gasteiger partial charge is 0.480 e. The predicted molar refractivity (Wildman–Crippen MR) is 60.8 cm³/mol. The van der Waals surface area contributed by atoms with E-state index in [0.29, 0.717) is 6.04 Å². The van der Waals surface area contributed by atoms with Gasteiger partial charge < -0.3 is 5.11 Å².